The summed E-state index contributed by atoms with van der Waals surface area (Å²) in [6, 6.07) is 9.40. The number of hydrogen-bond acceptors (Lipinski definition) is 5. The molecule has 29 heavy (non-hydrogen) atoms. The Labute approximate surface area is 173 Å². The number of amides is 2. The van der Waals surface area contributed by atoms with Crippen LogP contribution >= 0.6 is 0 Å². The third kappa shape index (κ3) is 6.71. The van der Waals surface area contributed by atoms with Gasteiger partial charge in [0.2, 0.25) is 15.9 Å². The number of likely N-dealkylation sites (tertiary alicyclic amines) is 1. The van der Waals surface area contributed by atoms with E-state index in [0.717, 1.165) is 9.87 Å². The maximum atomic E-state index is 12.6. The topological polar surface area (TPSA) is 87.2 Å². The van der Waals surface area contributed by atoms with Crippen molar-refractivity contribution >= 4 is 22.0 Å². The van der Waals surface area contributed by atoms with Gasteiger partial charge in [-0.25, -0.2) is 13.2 Å². The van der Waals surface area contributed by atoms with Gasteiger partial charge in [-0.3, -0.25) is 4.79 Å². The fraction of sp³-hybridized carbons (Fsp3) is 0.600. The van der Waals surface area contributed by atoms with Gasteiger partial charge < -0.3 is 14.5 Å². The molecule has 1 aromatic carbocycles. The van der Waals surface area contributed by atoms with Crippen molar-refractivity contribution in [3.05, 3.63) is 35.9 Å². The van der Waals surface area contributed by atoms with Crippen LogP contribution in [0.5, 0.6) is 0 Å². The lowest BCUT2D eigenvalue weighted by Crippen LogP contribution is -2.42. The Morgan fingerprint density at radius 2 is 1.83 bits per heavy atom. The van der Waals surface area contributed by atoms with E-state index in [4.69, 9.17) is 4.74 Å². The Morgan fingerprint density at radius 1 is 1.17 bits per heavy atom. The third-order valence-corrected chi connectivity index (χ3v) is 7.12. The van der Waals surface area contributed by atoms with Gasteiger partial charge in [-0.2, -0.15) is 4.31 Å². The molecule has 162 valence electrons. The van der Waals surface area contributed by atoms with Gasteiger partial charge in [0.25, 0.3) is 0 Å². The molecule has 0 aliphatic carbocycles. The molecule has 1 atom stereocenters. The number of hydrogen-bond donors (Lipinski definition) is 0. The maximum Gasteiger partial charge on any atom is 0.410 e. The van der Waals surface area contributed by atoms with Crippen LogP contribution in [0, 0.1) is 5.92 Å². The quantitative estimate of drug-likeness (QED) is 0.602. The maximum absolute atomic E-state index is 12.6. The summed E-state index contributed by atoms with van der Waals surface area (Å²) >= 11 is 0. The van der Waals surface area contributed by atoms with Gasteiger partial charge in [-0.1, -0.05) is 30.3 Å². The lowest BCUT2D eigenvalue weighted by Gasteiger charge is -2.24. The number of carbonyl (C=O) groups excluding carboxylic acids is 2. The first-order valence-electron chi connectivity index (χ1n) is 9.94. The van der Waals surface area contributed by atoms with Crippen LogP contribution in [0.4, 0.5) is 4.79 Å². The molecular formula is C20H31N3O5S. The van der Waals surface area contributed by atoms with Crippen molar-refractivity contribution in [1.82, 2.24) is 14.1 Å². The van der Waals surface area contributed by atoms with E-state index in [0.29, 0.717) is 32.6 Å². The summed E-state index contributed by atoms with van der Waals surface area (Å²) in [5, 5.41) is 0. The monoisotopic (exact) mass is 425 g/mol. The third-order valence-electron chi connectivity index (χ3n) is 5.14. The Balaban J connectivity index is 1.82. The molecule has 0 unspecified atom stereocenters. The molecule has 0 spiro atoms. The van der Waals surface area contributed by atoms with Gasteiger partial charge in [-0.15, -0.1) is 0 Å². The first kappa shape index (κ1) is 23.2. The van der Waals surface area contributed by atoms with Crippen LogP contribution in [0.15, 0.2) is 30.3 Å². The average Bonchev–Trinajstić information content (AvgIpc) is 3.15. The second-order valence-electron chi connectivity index (χ2n) is 7.24. The number of carbonyl (C=O) groups is 2. The fourth-order valence-corrected chi connectivity index (χ4v) is 4.76. The van der Waals surface area contributed by atoms with Gasteiger partial charge in [0, 0.05) is 33.2 Å². The highest BCUT2D eigenvalue weighted by atomic mass is 32.2. The Morgan fingerprint density at radius 3 is 2.45 bits per heavy atom. The molecule has 0 bridgehead atoms. The lowest BCUT2D eigenvalue weighted by atomic mass is 10.2. The summed E-state index contributed by atoms with van der Waals surface area (Å²) in [5.74, 6) is -0.466. The van der Waals surface area contributed by atoms with E-state index in [2.05, 4.69) is 0 Å². The number of likely N-dealkylation sites (N-methyl/N-ethyl adjacent to an activating group) is 2. The second-order valence-corrected chi connectivity index (χ2v) is 9.36. The van der Waals surface area contributed by atoms with E-state index in [1.165, 1.54) is 7.05 Å². The summed E-state index contributed by atoms with van der Waals surface area (Å²) in [5.41, 5.74) is 0.902. The minimum atomic E-state index is -3.59. The van der Waals surface area contributed by atoms with Crippen LogP contribution in [0.3, 0.4) is 0 Å². The van der Waals surface area contributed by atoms with Crippen LogP contribution < -0.4 is 0 Å². The average molecular weight is 426 g/mol. The lowest BCUT2D eigenvalue weighted by molar-refractivity contribution is -0.130. The molecule has 2 rings (SSSR count). The first-order valence-corrected chi connectivity index (χ1v) is 11.5. The van der Waals surface area contributed by atoms with Crippen LogP contribution in [0.2, 0.25) is 0 Å². The van der Waals surface area contributed by atoms with E-state index in [1.54, 1.807) is 9.80 Å². The van der Waals surface area contributed by atoms with E-state index >= 15 is 0 Å². The van der Waals surface area contributed by atoms with Crippen LogP contribution in [-0.2, 0) is 26.2 Å². The summed E-state index contributed by atoms with van der Waals surface area (Å²) in [6.07, 6.45) is 0.163. The standard InChI is InChI=1S/C20H31N3O5S/c1-4-22(5-2)19(24)14-21(3)29(26,27)16-18-11-12-23(13-18)20(25)28-15-17-9-7-6-8-10-17/h6-10,18H,4-5,11-16H2,1-3H3/t18-/m1/s1. The Hall–Kier alpha value is -2.13. The first-order chi connectivity index (χ1) is 13.8. The number of benzene rings is 1. The van der Waals surface area contributed by atoms with E-state index in [-0.39, 0.29) is 30.7 Å². The van der Waals surface area contributed by atoms with Crippen molar-refractivity contribution < 1.29 is 22.7 Å². The van der Waals surface area contributed by atoms with Crippen molar-refractivity contribution in [3.8, 4) is 0 Å². The molecule has 9 heteroatoms. The molecule has 1 aromatic rings. The predicted octanol–water partition coefficient (Wildman–Crippen LogP) is 1.78. The molecule has 0 aromatic heterocycles. The zero-order chi connectivity index (χ0) is 21.4. The van der Waals surface area contributed by atoms with Gasteiger partial charge in [-0.05, 0) is 31.7 Å². The second kappa shape index (κ2) is 10.6. The number of sulfonamides is 1. The highest BCUT2D eigenvalue weighted by molar-refractivity contribution is 7.89. The van der Waals surface area contributed by atoms with Gasteiger partial charge >= 0.3 is 6.09 Å². The van der Waals surface area contributed by atoms with Crippen molar-refractivity contribution in [3.63, 3.8) is 0 Å². The minimum absolute atomic E-state index is 0.0858. The molecule has 0 radical (unpaired) electrons. The number of ether oxygens (including phenoxy) is 1. The summed E-state index contributed by atoms with van der Waals surface area (Å²) in [4.78, 5) is 27.6. The number of rotatable bonds is 9. The molecule has 0 N–H and O–H groups in total. The molecular weight excluding hydrogens is 394 g/mol. The largest absolute Gasteiger partial charge is 0.445 e. The summed E-state index contributed by atoms with van der Waals surface area (Å²) in [7, 11) is -2.16. The zero-order valence-electron chi connectivity index (χ0n) is 17.4. The summed E-state index contributed by atoms with van der Waals surface area (Å²) < 4.78 is 31.7. The smallest absolute Gasteiger partial charge is 0.410 e. The predicted molar refractivity (Wildman–Crippen MR) is 111 cm³/mol. The van der Waals surface area contributed by atoms with Crippen LogP contribution in [-0.4, -0.2) is 80.0 Å². The minimum Gasteiger partial charge on any atom is -0.445 e. The van der Waals surface area contributed by atoms with E-state index in [9.17, 15) is 18.0 Å². The van der Waals surface area contributed by atoms with Crippen molar-refractivity contribution in [2.24, 2.45) is 5.92 Å². The fourth-order valence-electron chi connectivity index (χ4n) is 3.34. The van der Waals surface area contributed by atoms with Crippen LogP contribution in [0.25, 0.3) is 0 Å². The van der Waals surface area contributed by atoms with Gasteiger partial charge in [0.15, 0.2) is 0 Å². The zero-order valence-corrected chi connectivity index (χ0v) is 18.2. The molecule has 1 heterocycles. The molecule has 1 saturated heterocycles. The number of nitrogens with zero attached hydrogens (tertiary/aromatic N) is 3. The van der Waals surface area contributed by atoms with E-state index in [1.807, 2.05) is 44.2 Å². The molecule has 1 aliphatic rings. The Bertz CT molecular complexity index is 781. The molecule has 1 aliphatic heterocycles. The van der Waals surface area contributed by atoms with Crippen molar-refractivity contribution in [2.75, 3.05) is 45.5 Å². The molecule has 1 fully saturated rings. The molecule has 0 saturated carbocycles. The van der Waals surface area contributed by atoms with E-state index < -0.39 is 16.1 Å². The Kier molecular flexibility index (Phi) is 8.45. The van der Waals surface area contributed by atoms with Crippen molar-refractivity contribution in [1.29, 1.82) is 0 Å². The highest BCUT2D eigenvalue weighted by Gasteiger charge is 2.33. The van der Waals surface area contributed by atoms with Crippen LogP contribution in [0.1, 0.15) is 25.8 Å². The van der Waals surface area contributed by atoms with Gasteiger partial charge in [0.1, 0.15) is 6.61 Å². The highest BCUT2D eigenvalue weighted by Crippen LogP contribution is 2.20. The molecule has 8 nitrogen and oxygen atoms in total. The summed E-state index contributed by atoms with van der Waals surface area (Å²) in [6.45, 7) is 5.65. The molecule has 2 amide bonds. The van der Waals surface area contributed by atoms with Crippen molar-refractivity contribution in [2.45, 2.75) is 26.9 Å². The van der Waals surface area contributed by atoms with Gasteiger partial charge in [0.05, 0.1) is 12.3 Å². The SMILES string of the molecule is CCN(CC)C(=O)CN(C)S(=O)(=O)C[C@@H]1CCN(C(=O)OCc2ccccc2)C1. The normalized spacial score (nSPS) is 16.8.